The standard InChI is InChI=1S/C14H15NO3S/c16-13(15-11-6-7-11)10-18-14(17)8-9-19-12-4-2-1-3-5-12/h1-5,8-9,11H,6-7,10H2,(H,15,16)/b9-8+. The Balaban J connectivity index is 1.64. The third kappa shape index (κ3) is 5.61. The van der Waals surface area contributed by atoms with Crippen LogP contribution in [-0.4, -0.2) is 24.5 Å². The highest BCUT2D eigenvalue weighted by molar-refractivity contribution is 8.02. The molecule has 0 aliphatic heterocycles. The minimum absolute atomic E-state index is 0.213. The SMILES string of the molecule is O=C(COC(=O)/C=C/Sc1ccccc1)NC1CC1. The van der Waals surface area contributed by atoms with E-state index in [4.69, 9.17) is 4.74 Å². The van der Waals surface area contributed by atoms with Gasteiger partial charge in [-0.2, -0.15) is 0 Å². The van der Waals surface area contributed by atoms with E-state index in [1.54, 1.807) is 5.41 Å². The molecule has 0 heterocycles. The van der Waals surface area contributed by atoms with Crippen LogP contribution in [0.1, 0.15) is 12.8 Å². The highest BCUT2D eigenvalue weighted by Crippen LogP contribution is 2.18. The van der Waals surface area contributed by atoms with Crippen LogP contribution in [0.4, 0.5) is 0 Å². The fourth-order valence-electron chi connectivity index (χ4n) is 1.35. The zero-order valence-corrected chi connectivity index (χ0v) is 11.2. The molecule has 1 amide bonds. The number of amides is 1. The second-order valence-corrected chi connectivity index (χ2v) is 5.16. The normalized spacial score (nSPS) is 14.3. The predicted octanol–water partition coefficient (Wildman–Crippen LogP) is 2.11. The molecule has 1 N–H and O–H groups in total. The van der Waals surface area contributed by atoms with Crippen LogP contribution in [0.15, 0.2) is 46.7 Å². The van der Waals surface area contributed by atoms with E-state index >= 15 is 0 Å². The van der Waals surface area contributed by atoms with E-state index in [1.807, 2.05) is 30.3 Å². The number of esters is 1. The van der Waals surface area contributed by atoms with Gasteiger partial charge in [-0.05, 0) is 30.4 Å². The van der Waals surface area contributed by atoms with Crippen molar-refractivity contribution < 1.29 is 14.3 Å². The highest BCUT2D eigenvalue weighted by Gasteiger charge is 2.23. The number of nitrogens with one attached hydrogen (secondary N) is 1. The first kappa shape index (κ1) is 13.7. The van der Waals surface area contributed by atoms with Crippen molar-refractivity contribution in [2.24, 2.45) is 0 Å². The maximum absolute atomic E-state index is 11.3. The number of carbonyl (C=O) groups excluding carboxylic acids is 2. The van der Waals surface area contributed by atoms with Crippen molar-refractivity contribution in [1.29, 1.82) is 0 Å². The summed E-state index contributed by atoms with van der Waals surface area (Å²) in [5.74, 6) is -0.741. The average molecular weight is 277 g/mol. The van der Waals surface area contributed by atoms with Crippen molar-refractivity contribution in [2.45, 2.75) is 23.8 Å². The second kappa shape index (κ2) is 6.99. The van der Waals surface area contributed by atoms with Crippen LogP contribution < -0.4 is 5.32 Å². The Kier molecular flexibility index (Phi) is 5.03. The van der Waals surface area contributed by atoms with E-state index in [0.717, 1.165) is 17.7 Å². The van der Waals surface area contributed by atoms with Crippen LogP contribution in [0.3, 0.4) is 0 Å². The van der Waals surface area contributed by atoms with Gasteiger partial charge in [0.25, 0.3) is 5.91 Å². The van der Waals surface area contributed by atoms with Crippen molar-refractivity contribution in [1.82, 2.24) is 5.32 Å². The molecule has 19 heavy (non-hydrogen) atoms. The van der Waals surface area contributed by atoms with Gasteiger partial charge in [-0.15, -0.1) is 0 Å². The van der Waals surface area contributed by atoms with Gasteiger partial charge in [-0.25, -0.2) is 4.79 Å². The molecule has 0 atom stereocenters. The zero-order valence-electron chi connectivity index (χ0n) is 10.4. The van der Waals surface area contributed by atoms with Crippen molar-refractivity contribution in [3.05, 3.63) is 41.8 Å². The molecule has 100 valence electrons. The number of hydrogen-bond acceptors (Lipinski definition) is 4. The third-order valence-electron chi connectivity index (χ3n) is 2.44. The highest BCUT2D eigenvalue weighted by atomic mass is 32.2. The lowest BCUT2D eigenvalue weighted by Gasteiger charge is -2.02. The van der Waals surface area contributed by atoms with E-state index in [0.29, 0.717) is 0 Å². The maximum Gasteiger partial charge on any atom is 0.331 e. The fraction of sp³-hybridized carbons (Fsp3) is 0.286. The third-order valence-corrected chi connectivity index (χ3v) is 3.26. The minimum Gasteiger partial charge on any atom is -0.452 e. The Morgan fingerprint density at radius 1 is 1.32 bits per heavy atom. The van der Waals surface area contributed by atoms with Crippen LogP contribution in [0.25, 0.3) is 0 Å². The molecule has 1 aromatic carbocycles. The minimum atomic E-state index is -0.505. The van der Waals surface area contributed by atoms with Crippen LogP contribution in [0.2, 0.25) is 0 Å². The van der Waals surface area contributed by atoms with Crippen molar-refractivity contribution >= 4 is 23.6 Å². The summed E-state index contributed by atoms with van der Waals surface area (Å²) in [5.41, 5.74) is 0. The quantitative estimate of drug-likeness (QED) is 0.491. The van der Waals surface area contributed by atoms with Gasteiger partial charge in [0, 0.05) is 17.0 Å². The number of rotatable bonds is 6. The molecule has 4 nitrogen and oxygen atoms in total. The predicted molar refractivity (Wildman–Crippen MR) is 73.6 cm³/mol. The summed E-state index contributed by atoms with van der Waals surface area (Å²) in [6.07, 6.45) is 3.36. The molecule has 1 aliphatic carbocycles. The Bertz CT molecular complexity index is 469. The summed E-state index contributed by atoms with van der Waals surface area (Å²) < 4.78 is 4.82. The lowest BCUT2D eigenvalue weighted by Crippen LogP contribution is -2.30. The molecule has 1 saturated carbocycles. The van der Waals surface area contributed by atoms with Gasteiger partial charge < -0.3 is 10.1 Å². The zero-order chi connectivity index (χ0) is 13.5. The van der Waals surface area contributed by atoms with Gasteiger partial charge in [-0.1, -0.05) is 30.0 Å². The maximum atomic E-state index is 11.3. The Hall–Kier alpha value is -1.75. The molecule has 0 bridgehead atoms. The average Bonchev–Trinajstić information content (AvgIpc) is 3.22. The van der Waals surface area contributed by atoms with Crippen LogP contribution in [0.5, 0.6) is 0 Å². The number of benzene rings is 1. The smallest absolute Gasteiger partial charge is 0.331 e. The van der Waals surface area contributed by atoms with Gasteiger partial charge in [-0.3, -0.25) is 4.79 Å². The van der Waals surface area contributed by atoms with Gasteiger partial charge in [0.15, 0.2) is 6.61 Å². The molecule has 1 fully saturated rings. The van der Waals surface area contributed by atoms with Gasteiger partial charge in [0.2, 0.25) is 0 Å². The van der Waals surface area contributed by atoms with Crippen molar-refractivity contribution in [3.63, 3.8) is 0 Å². The Morgan fingerprint density at radius 3 is 2.74 bits per heavy atom. The van der Waals surface area contributed by atoms with E-state index in [2.05, 4.69) is 5.32 Å². The molecule has 5 heteroatoms. The monoisotopic (exact) mass is 277 g/mol. The molecule has 0 saturated heterocycles. The first-order valence-corrected chi connectivity index (χ1v) is 6.96. The number of thioether (sulfide) groups is 1. The molecule has 0 unspecified atom stereocenters. The number of ether oxygens (including phenoxy) is 1. The van der Waals surface area contributed by atoms with Gasteiger partial charge in [0.05, 0.1) is 0 Å². The van der Waals surface area contributed by atoms with E-state index in [9.17, 15) is 9.59 Å². The van der Waals surface area contributed by atoms with Gasteiger partial charge >= 0.3 is 5.97 Å². The first-order chi connectivity index (χ1) is 9.24. The topological polar surface area (TPSA) is 55.4 Å². The lowest BCUT2D eigenvalue weighted by molar-refractivity contribution is -0.143. The fourth-order valence-corrected chi connectivity index (χ4v) is 2.00. The Morgan fingerprint density at radius 2 is 2.05 bits per heavy atom. The van der Waals surface area contributed by atoms with Crippen molar-refractivity contribution in [2.75, 3.05) is 6.61 Å². The molecular formula is C14H15NO3S. The molecular weight excluding hydrogens is 262 g/mol. The Labute approximate surface area is 116 Å². The number of hydrogen-bond donors (Lipinski definition) is 1. The van der Waals surface area contributed by atoms with Crippen LogP contribution >= 0.6 is 11.8 Å². The largest absolute Gasteiger partial charge is 0.452 e. The summed E-state index contributed by atoms with van der Waals surface area (Å²) >= 11 is 1.42. The van der Waals surface area contributed by atoms with Crippen LogP contribution in [0, 0.1) is 0 Å². The molecule has 0 aromatic heterocycles. The summed E-state index contributed by atoms with van der Waals surface area (Å²) in [6, 6.07) is 9.97. The summed E-state index contributed by atoms with van der Waals surface area (Å²) in [6.45, 7) is -0.213. The molecule has 2 rings (SSSR count). The van der Waals surface area contributed by atoms with Crippen molar-refractivity contribution in [3.8, 4) is 0 Å². The summed E-state index contributed by atoms with van der Waals surface area (Å²) in [7, 11) is 0. The van der Waals surface area contributed by atoms with Crippen LogP contribution in [-0.2, 0) is 14.3 Å². The molecule has 0 radical (unpaired) electrons. The second-order valence-electron chi connectivity index (χ2n) is 4.18. The van der Waals surface area contributed by atoms with Gasteiger partial charge in [0.1, 0.15) is 0 Å². The van der Waals surface area contributed by atoms with E-state index < -0.39 is 5.97 Å². The molecule has 1 aliphatic rings. The first-order valence-electron chi connectivity index (χ1n) is 6.08. The summed E-state index contributed by atoms with van der Waals surface area (Å²) in [4.78, 5) is 23.7. The van der Waals surface area contributed by atoms with E-state index in [1.165, 1.54) is 17.8 Å². The number of carbonyl (C=O) groups is 2. The molecule has 0 spiro atoms. The summed E-state index contributed by atoms with van der Waals surface area (Å²) in [5, 5.41) is 4.39. The molecule has 1 aromatic rings. The lowest BCUT2D eigenvalue weighted by atomic mass is 10.4. The van der Waals surface area contributed by atoms with E-state index in [-0.39, 0.29) is 18.6 Å².